The average Bonchev–Trinajstić information content (AvgIpc) is 2.61. The summed E-state index contributed by atoms with van der Waals surface area (Å²) in [7, 11) is 2.80. The Balaban J connectivity index is 2.12. The van der Waals surface area contributed by atoms with E-state index in [1.807, 2.05) is 31.2 Å². The number of halogens is 3. The number of hydrogen-bond donors (Lipinski definition) is 1. The van der Waals surface area contributed by atoms with Crippen LogP contribution in [-0.4, -0.2) is 31.5 Å². The van der Waals surface area contributed by atoms with Crippen molar-refractivity contribution in [3.8, 4) is 5.75 Å². The minimum atomic E-state index is -2.89. The minimum absolute atomic E-state index is 0.0315. The first-order valence-corrected chi connectivity index (χ1v) is 8.01. The van der Waals surface area contributed by atoms with E-state index in [2.05, 4.69) is 5.32 Å². The van der Waals surface area contributed by atoms with E-state index < -0.39 is 24.3 Å². The van der Waals surface area contributed by atoms with Crippen LogP contribution in [0.5, 0.6) is 5.75 Å². The van der Waals surface area contributed by atoms with Gasteiger partial charge in [0.25, 0.3) is 6.43 Å². The molecule has 0 aliphatic rings. The molecule has 2 aromatic carbocycles. The summed E-state index contributed by atoms with van der Waals surface area (Å²) in [5, 5.41) is 2.27. The first kappa shape index (κ1) is 19.6. The molecule has 0 bridgehead atoms. The molecule has 0 saturated heterocycles. The predicted molar refractivity (Wildman–Crippen MR) is 92.9 cm³/mol. The van der Waals surface area contributed by atoms with Crippen LogP contribution in [0.2, 0.25) is 0 Å². The van der Waals surface area contributed by atoms with Gasteiger partial charge in [0.1, 0.15) is 6.04 Å². The Morgan fingerprint density at radius 2 is 1.92 bits per heavy atom. The second kappa shape index (κ2) is 8.60. The quantitative estimate of drug-likeness (QED) is 0.829. The summed E-state index contributed by atoms with van der Waals surface area (Å²) in [5.74, 6) is -0.817. The third kappa shape index (κ3) is 4.68. The Bertz CT molecular complexity index is 768. The fraction of sp³-hybridized carbons (Fsp3) is 0.316. The van der Waals surface area contributed by atoms with Gasteiger partial charge in [-0.25, -0.2) is 18.0 Å². The largest absolute Gasteiger partial charge is 0.494 e. The van der Waals surface area contributed by atoms with Gasteiger partial charge in [-0.15, -0.1) is 0 Å². The molecule has 0 unspecified atom stereocenters. The number of carbonyl (C=O) groups excluding carboxylic acids is 1. The summed E-state index contributed by atoms with van der Waals surface area (Å²) < 4.78 is 45.4. The van der Waals surface area contributed by atoms with Crippen LogP contribution in [0.15, 0.2) is 42.5 Å². The van der Waals surface area contributed by atoms with Gasteiger partial charge in [0.2, 0.25) is 0 Å². The molecule has 0 aliphatic carbocycles. The number of urea groups is 1. The topological polar surface area (TPSA) is 41.6 Å². The highest BCUT2D eigenvalue weighted by atomic mass is 19.3. The van der Waals surface area contributed by atoms with Crippen molar-refractivity contribution in [2.45, 2.75) is 25.9 Å². The molecule has 0 aromatic heterocycles. The van der Waals surface area contributed by atoms with E-state index >= 15 is 0 Å². The van der Waals surface area contributed by atoms with Crippen molar-refractivity contribution < 1.29 is 22.7 Å². The third-order valence-corrected chi connectivity index (χ3v) is 4.08. The highest BCUT2D eigenvalue weighted by Crippen LogP contribution is 2.26. The van der Waals surface area contributed by atoms with Gasteiger partial charge in [0.15, 0.2) is 11.6 Å². The van der Waals surface area contributed by atoms with E-state index in [-0.39, 0.29) is 17.9 Å². The summed E-state index contributed by atoms with van der Waals surface area (Å²) in [6.45, 7) is 2.18. The molecule has 1 N–H and O–H groups in total. The molecule has 0 heterocycles. The number of rotatable bonds is 6. The smallest absolute Gasteiger partial charge is 0.318 e. The molecule has 2 rings (SSSR count). The summed E-state index contributed by atoms with van der Waals surface area (Å²) in [4.78, 5) is 13.6. The van der Waals surface area contributed by atoms with Gasteiger partial charge < -0.3 is 15.0 Å². The molecule has 0 spiro atoms. The van der Waals surface area contributed by atoms with Crippen molar-refractivity contribution >= 4 is 6.03 Å². The Hall–Kier alpha value is -2.70. The number of methoxy groups -OCH3 is 1. The Kier molecular flexibility index (Phi) is 6.49. The Labute approximate surface area is 150 Å². The number of carbonyl (C=O) groups is 1. The number of ether oxygens (including phenoxy) is 1. The van der Waals surface area contributed by atoms with E-state index in [0.717, 1.165) is 17.2 Å². The maximum Gasteiger partial charge on any atom is 0.318 e. The molecule has 0 radical (unpaired) electrons. The van der Waals surface area contributed by atoms with E-state index in [1.54, 1.807) is 0 Å². The van der Waals surface area contributed by atoms with E-state index in [9.17, 15) is 18.0 Å². The number of benzene rings is 2. The summed E-state index contributed by atoms with van der Waals surface area (Å²) >= 11 is 0. The first-order valence-electron chi connectivity index (χ1n) is 8.01. The number of nitrogens with zero attached hydrogens (tertiary/aromatic N) is 1. The van der Waals surface area contributed by atoms with Gasteiger partial charge in [-0.05, 0) is 35.7 Å². The molecule has 2 amide bonds. The molecule has 4 nitrogen and oxygen atoms in total. The second-order valence-corrected chi connectivity index (χ2v) is 5.94. The monoisotopic (exact) mass is 366 g/mol. The van der Waals surface area contributed by atoms with Crippen molar-refractivity contribution in [1.29, 1.82) is 0 Å². The zero-order valence-corrected chi connectivity index (χ0v) is 14.8. The van der Waals surface area contributed by atoms with Crippen LogP contribution in [0.1, 0.15) is 22.7 Å². The number of nitrogens with one attached hydrogen (secondary N) is 1. The van der Waals surface area contributed by atoms with Crippen molar-refractivity contribution in [2.75, 3.05) is 14.2 Å². The highest BCUT2D eigenvalue weighted by molar-refractivity contribution is 5.74. The van der Waals surface area contributed by atoms with Crippen LogP contribution >= 0.6 is 0 Å². The SMILES string of the molecule is COc1ccc([C@H](NC(=O)N(C)Cc2ccccc2C)C(F)F)cc1F. The van der Waals surface area contributed by atoms with Crippen LogP contribution in [0.4, 0.5) is 18.0 Å². The zero-order valence-electron chi connectivity index (χ0n) is 14.8. The van der Waals surface area contributed by atoms with Crippen LogP contribution in [0, 0.1) is 12.7 Å². The van der Waals surface area contributed by atoms with Gasteiger partial charge in [-0.1, -0.05) is 30.3 Å². The van der Waals surface area contributed by atoms with Crippen LogP contribution in [0.3, 0.4) is 0 Å². The molecule has 1 atom stereocenters. The lowest BCUT2D eigenvalue weighted by molar-refractivity contribution is 0.0971. The summed E-state index contributed by atoms with van der Waals surface area (Å²) in [5.41, 5.74) is 1.87. The van der Waals surface area contributed by atoms with Crippen LogP contribution in [0.25, 0.3) is 0 Å². The van der Waals surface area contributed by atoms with Crippen LogP contribution < -0.4 is 10.1 Å². The lowest BCUT2D eigenvalue weighted by atomic mass is 10.1. The normalized spacial score (nSPS) is 12.0. The third-order valence-electron chi connectivity index (χ3n) is 4.08. The van der Waals surface area contributed by atoms with E-state index in [1.165, 1.54) is 31.2 Å². The average molecular weight is 366 g/mol. The second-order valence-electron chi connectivity index (χ2n) is 5.94. The lowest BCUT2D eigenvalue weighted by Crippen LogP contribution is -2.41. The van der Waals surface area contributed by atoms with E-state index in [4.69, 9.17) is 4.74 Å². The summed E-state index contributed by atoms with van der Waals surface area (Å²) in [6, 6.07) is 8.70. The van der Waals surface area contributed by atoms with Gasteiger partial charge in [-0.2, -0.15) is 0 Å². The van der Waals surface area contributed by atoms with Crippen LogP contribution in [-0.2, 0) is 6.54 Å². The number of hydrogen-bond acceptors (Lipinski definition) is 2. The highest BCUT2D eigenvalue weighted by Gasteiger charge is 2.26. The molecule has 7 heteroatoms. The van der Waals surface area contributed by atoms with Crippen molar-refractivity contribution in [3.63, 3.8) is 0 Å². The van der Waals surface area contributed by atoms with Crippen molar-refractivity contribution in [2.24, 2.45) is 0 Å². The van der Waals surface area contributed by atoms with Crippen molar-refractivity contribution in [3.05, 3.63) is 65.0 Å². The molecule has 140 valence electrons. The maximum atomic E-state index is 13.8. The first-order chi connectivity index (χ1) is 12.3. The summed E-state index contributed by atoms with van der Waals surface area (Å²) in [6.07, 6.45) is -2.89. The number of alkyl halides is 2. The molecule has 0 fully saturated rings. The van der Waals surface area contributed by atoms with Gasteiger partial charge in [0.05, 0.1) is 7.11 Å². The Morgan fingerprint density at radius 1 is 1.23 bits per heavy atom. The molecule has 26 heavy (non-hydrogen) atoms. The maximum absolute atomic E-state index is 13.8. The standard InChI is InChI=1S/C19H21F3N2O2/c1-12-6-4-5-7-14(12)11-24(2)19(25)23-17(18(21)22)13-8-9-16(26-3)15(20)10-13/h4-10,17-18H,11H2,1-3H3,(H,23,25)/t17-/m0/s1. The van der Waals surface area contributed by atoms with Gasteiger partial charge in [0, 0.05) is 13.6 Å². The molecular weight excluding hydrogens is 345 g/mol. The molecule has 2 aromatic rings. The fourth-order valence-electron chi connectivity index (χ4n) is 2.53. The number of amides is 2. The molecule has 0 saturated carbocycles. The van der Waals surface area contributed by atoms with Gasteiger partial charge in [-0.3, -0.25) is 0 Å². The Morgan fingerprint density at radius 3 is 2.50 bits per heavy atom. The minimum Gasteiger partial charge on any atom is -0.494 e. The zero-order chi connectivity index (χ0) is 19.3. The van der Waals surface area contributed by atoms with Gasteiger partial charge >= 0.3 is 6.03 Å². The fourth-order valence-corrected chi connectivity index (χ4v) is 2.53. The molecule has 0 aliphatic heterocycles. The lowest BCUT2D eigenvalue weighted by Gasteiger charge is -2.24. The predicted octanol–water partition coefficient (Wildman–Crippen LogP) is 4.29. The molecular formula is C19H21F3N2O2. The van der Waals surface area contributed by atoms with E-state index in [0.29, 0.717) is 0 Å². The van der Waals surface area contributed by atoms with Crippen molar-refractivity contribution in [1.82, 2.24) is 10.2 Å². The number of aryl methyl sites for hydroxylation is 1.